The first-order valence-electron chi connectivity index (χ1n) is 5.36. The normalized spacial score (nSPS) is 12.4. The molecule has 0 spiro atoms. The van der Waals surface area contributed by atoms with Gasteiger partial charge in [0, 0.05) is 17.5 Å². The van der Waals surface area contributed by atoms with Crippen LogP contribution in [0.15, 0.2) is 24.5 Å². The van der Waals surface area contributed by atoms with Crippen molar-refractivity contribution in [3.05, 3.63) is 41.5 Å². The molecule has 2 N–H and O–H groups in total. The van der Waals surface area contributed by atoms with Crippen LogP contribution in [-0.4, -0.2) is 15.2 Å². The number of anilines is 1. The summed E-state index contributed by atoms with van der Waals surface area (Å²) >= 11 is 0. The van der Waals surface area contributed by atoms with E-state index in [9.17, 15) is 0 Å². The van der Waals surface area contributed by atoms with Crippen molar-refractivity contribution >= 4 is 5.69 Å². The van der Waals surface area contributed by atoms with Crippen LogP contribution in [0.1, 0.15) is 29.9 Å². The van der Waals surface area contributed by atoms with Gasteiger partial charge in [0.25, 0.3) is 0 Å². The minimum Gasteiger partial charge on any atom is -0.377 e. The van der Waals surface area contributed by atoms with Gasteiger partial charge in [0.15, 0.2) is 0 Å². The highest BCUT2D eigenvalue weighted by molar-refractivity contribution is 5.48. The van der Waals surface area contributed by atoms with Crippen molar-refractivity contribution in [1.82, 2.24) is 15.2 Å². The van der Waals surface area contributed by atoms with Gasteiger partial charge in [0.1, 0.15) is 0 Å². The van der Waals surface area contributed by atoms with Gasteiger partial charge in [-0.2, -0.15) is 5.10 Å². The molecule has 0 radical (unpaired) electrons. The van der Waals surface area contributed by atoms with E-state index < -0.39 is 0 Å². The summed E-state index contributed by atoms with van der Waals surface area (Å²) in [5.74, 6) is 0. The molecule has 0 saturated carbocycles. The quantitative estimate of drug-likeness (QED) is 0.829. The topological polar surface area (TPSA) is 53.6 Å². The van der Waals surface area contributed by atoms with Crippen molar-refractivity contribution in [2.75, 3.05) is 5.32 Å². The summed E-state index contributed by atoms with van der Waals surface area (Å²) < 4.78 is 0. The molecular weight excluding hydrogens is 200 g/mol. The maximum atomic E-state index is 4.25. The minimum atomic E-state index is 0.224. The molecule has 2 aromatic rings. The number of aromatic amines is 1. The van der Waals surface area contributed by atoms with E-state index in [4.69, 9.17) is 0 Å². The Hall–Kier alpha value is -1.84. The molecule has 1 unspecified atom stereocenters. The van der Waals surface area contributed by atoms with E-state index in [1.807, 2.05) is 32.2 Å². The van der Waals surface area contributed by atoms with Crippen molar-refractivity contribution in [3.63, 3.8) is 0 Å². The average molecular weight is 216 g/mol. The summed E-state index contributed by atoms with van der Waals surface area (Å²) in [6.45, 7) is 6.14. The van der Waals surface area contributed by atoms with Crippen molar-refractivity contribution in [3.8, 4) is 0 Å². The number of nitrogens with zero attached hydrogens (tertiary/aromatic N) is 2. The SMILES string of the molecule is Cc1ncccc1NC(C)c1cn[nH]c1C. The van der Waals surface area contributed by atoms with Gasteiger partial charge in [-0.25, -0.2) is 0 Å². The number of H-pyrrole nitrogens is 1. The molecule has 0 aliphatic rings. The molecule has 4 heteroatoms. The first-order valence-corrected chi connectivity index (χ1v) is 5.36. The Bertz CT molecular complexity index is 475. The molecule has 4 nitrogen and oxygen atoms in total. The van der Waals surface area contributed by atoms with Crippen molar-refractivity contribution in [2.45, 2.75) is 26.8 Å². The second-order valence-electron chi connectivity index (χ2n) is 3.95. The van der Waals surface area contributed by atoms with Crippen LogP contribution in [-0.2, 0) is 0 Å². The highest BCUT2D eigenvalue weighted by atomic mass is 15.1. The van der Waals surface area contributed by atoms with Crippen LogP contribution in [0.4, 0.5) is 5.69 Å². The van der Waals surface area contributed by atoms with Crippen LogP contribution in [0.25, 0.3) is 0 Å². The first kappa shape index (κ1) is 10.7. The second-order valence-corrected chi connectivity index (χ2v) is 3.95. The van der Waals surface area contributed by atoms with Crippen LogP contribution in [0.5, 0.6) is 0 Å². The molecule has 16 heavy (non-hydrogen) atoms. The maximum Gasteiger partial charge on any atom is 0.0603 e. The van der Waals surface area contributed by atoms with Gasteiger partial charge in [-0.3, -0.25) is 10.1 Å². The predicted molar refractivity (Wildman–Crippen MR) is 64.3 cm³/mol. The van der Waals surface area contributed by atoms with Crippen molar-refractivity contribution in [1.29, 1.82) is 0 Å². The minimum absolute atomic E-state index is 0.224. The largest absolute Gasteiger partial charge is 0.377 e. The molecule has 0 aliphatic carbocycles. The Labute approximate surface area is 95.1 Å². The van der Waals surface area contributed by atoms with Gasteiger partial charge in [0.05, 0.1) is 23.6 Å². The number of rotatable bonds is 3. The van der Waals surface area contributed by atoms with Crippen molar-refractivity contribution < 1.29 is 0 Å². The molecule has 0 aliphatic heterocycles. The predicted octanol–water partition coefficient (Wildman–Crippen LogP) is 2.59. The third kappa shape index (κ3) is 2.05. The molecule has 2 heterocycles. The number of hydrogen-bond donors (Lipinski definition) is 2. The van der Waals surface area contributed by atoms with Gasteiger partial charge in [-0.15, -0.1) is 0 Å². The average Bonchev–Trinajstić information content (AvgIpc) is 2.68. The molecule has 0 amide bonds. The molecule has 84 valence electrons. The number of aromatic nitrogens is 3. The molecule has 0 fully saturated rings. The summed E-state index contributed by atoms with van der Waals surface area (Å²) in [4.78, 5) is 4.25. The molecule has 0 saturated heterocycles. The lowest BCUT2D eigenvalue weighted by Gasteiger charge is -2.15. The molecule has 0 bridgehead atoms. The van der Waals surface area contributed by atoms with E-state index in [1.54, 1.807) is 6.20 Å². The lowest BCUT2D eigenvalue weighted by atomic mass is 10.1. The van der Waals surface area contributed by atoms with E-state index >= 15 is 0 Å². The van der Waals surface area contributed by atoms with E-state index in [-0.39, 0.29) is 6.04 Å². The van der Waals surface area contributed by atoms with Crippen LogP contribution < -0.4 is 5.32 Å². The Morgan fingerprint density at radius 1 is 1.38 bits per heavy atom. The van der Waals surface area contributed by atoms with Gasteiger partial charge < -0.3 is 5.32 Å². The Morgan fingerprint density at radius 2 is 2.19 bits per heavy atom. The number of aryl methyl sites for hydroxylation is 2. The first-order chi connectivity index (χ1) is 7.68. The standard InChI is InChI=1S/C12H16N4/c1-8(11-7-14-16-9(11)2)15-12-5-4-6-13-10(12)3/h4-8,15H,1-3H3,(H,14,16). The smallest absolute Gasteiger partial charge is 0.0603 e. The van der Waals surface area contributed by atoms with Crippen LogP contribution in [0.2, 0.25) is 0 Å². The zero-order valence-corrected chi connectivity index (χ0v) is 9.78. The lowest BCUT2D eigenvalue weighted by Crippen LogP contribution is -2.08. The maximum absolute atomic E-state index is 4.25. The fourth-order valence-electron chi connectivity index (χ4n) is 1.74. The Balaban J connectivity index is 2.17. The third-order valence-electron chi connectivity index (χ3n) is 2.71. The molecule has 2 aromatic heterocycles. The number of hydrogen-bond acceptors (Lipinski definition) is 3. The monoisotopic (exact) mass is 216 g/mol. The lowest BCUT2D eigenvalue weighted by molar-refractivity contribution is 0.869. The number of nitrogens with one attached hydrogen (secondary N) is 2. The van der Waals surface area contributed by atoms with Gasteiger partial charge >= 0.3 is 0 Å². The summed E-state index contributed by atoms with van der Waals surface area (Å²) in [6, 6.07) is 4.19. The molecule has 0 aromatic carbocycles. The van der Waals surface area contributed by atoms with Gasteiger partial charge in [-0.05, 0) is 32.9 Å². The highest BCUT2D eigenvalue weighted by Crippen LogP contribution is 2.21. The second kappa shape index (κ2) is 4.35. The summed E-state index contributed by atoms with van der Waals surface area (Å²) in [5.41, 5.74) is 4.36. The van der Waals surface area contributed by atoms with E-state index in [2.05, 4.69) is 27.4 Å². The third-order valence-corrected chi connectivity index (χ3v) is 2.71. The van der Waals surface area contributed by atoms with E-state index in [0.717, 1.165) is 17.1 Å². The van der Waals surface area contributed by atoms with Crippen LogP contribution in [0.3, 0.4) is 0 Å². The van der Waals surface area contributed by atoms with Gasteiger partial charge in [-0.1, -0.05) is 0 Å². The van der Waals surface area contributed by atoms with Crippen LogP contribution in [0, 0.1) is 13.8 Å². The molecular formula is C12H16N4. The van der Waals surface area contributed by atoms with Crippen molar-refractivity contribution in [2.24, 2.45) is 0 Å². The van der Waals surface area contributed by atoms with Crippen LogP contribution >= 0.6 is 0 Å². The summed E-state index contributed by atoms with van der Waals surface area (Å²) in [5, 5.41) is 10.4. The fraction of sp³-hybridized carbons (Fsp3) is 0.333. The Morgan fingerprint density at radius 3 is 2.81 bits per heavy atom. The summed E-state index contributed by atoms with van der Waals surface area (Å²) in [7, 11) is 0. The zero-order chi connectivity index (χ0) is 11.5. The molecule has 2 rings (SSSR count). The molecule has 1 atom stereocenters. The highest BCUT2D eigenvalue weighted by Gasteiger charge is 2.10. The Kier molecular flexibility index (Phi) is 2.90. The van der Waals surface area contributed by atoms with Gasteiger partial charge in [0.2, 0.25) is 0 Å². The van der Waals surface area contributed by atoms with E-state index in [1.165, 1.54) is 5.56 Å². The fourth-order valence-corrected chi connectivity index (χ4v) is 1.74. The zero-order valence-electron chi connectivity index (χ0n) is 9.78. The van der Waals surface area contributed by atoms with E-state index in [0.29, 0.717) is 0 Å². The number of pyridine rings is 1. The summed E-state index contributed by atoms with van der Waals surface area (Å²) in [6.07, 6.45) is 3.66.